The zero-order chi connectivity index (χ0) is 40.9. The maximum atomic E-state index is 2.50. The first kappa shape index (κ1) is 39.8. The summed E-state index contributed by atoms with van der Waals surface area (Å²) in [5.74, 6) is 0. The highest BCUT2D eigenvalue weighted by molar-refractivity contribution is 6.09. The van der Waals surface area contributed by atoms with E-state index < -0.39 is 0 Å². The molecule has 1 nitrogen and oxygen atoms in total. The molecule has 0 saturated carbocycles. The summed E-state index contributed by atoms with van der Waals surface area (Å²) < 4.78 is 0. The molecule has 0 aliphatic heterocycles. The standard InChI is InChI=1S/C56H61N/c1-53(2,3)41-28-31-45(32-29-41)57(51-33-30-42(54(4,5)6)37-49(51)38-20-14-13-15-21-38)50-27-17-16-24-47(50)48-26-19-23-39-22-18-25-46(52(39)48)40-34-43(55(7,8)9)36-44(35-40)56(10,11)12/h13-37H,1-12H3. The maximum absolute atomic E-state index is 2.50. The number of benzene rings is 7. The van der Waals surface area contributed by atoms with Crippen LogP contribution in [0.15, 0.2) is 152 Å². The van der Waals surface area contributed by atoms with Crippen molar-refractivity contribution in [1.82, 2.24) is 0 Å². The normalized spacial score (nSPS) is 12.6. The lowest BCUT2D eigenvalue weighted by Crippen LogP contribution is -2.16. The van der Waals surface area contributed by atoms with Gasteiger partial charge in [-0.1, -0.05) is 204 Å². The van der Waals surface area contributed by atoms with Crippen LogP contribution in [0.3, 0.4) is 0 Å². The monoisotopic (exact) mass is 747 g/mol. The highest BCUT2D eigenvalue weighted by Gasteiger charge is 2.26. The Balaban J connectivity index is 1.54. The summed E-state index contributed by atoms with van der Waals surface area (Å²) in [5, 5.41) is 2.51. The van der Waals surface area contributed by atoms with Gasteiger partial charge in [0.1, 0.15) is 0 Å². The fourth-order valence-electron chi connectivity index (χ4n) is 7.92. The van der Waals surface area contributed by atoms with E-state index >= 15 is 0 Å². The molecule has 0 radical (unpaired) electrons. The first-order valence-electron chi connectivity index (χ1n) is 20.7. The molecule has 0 bridgehead atoms. The molecule has 0 atom stereocenters. The Hall–Kier alpha value is -5.40. The first-order chi connectivity index (χ1) is 26.8. The van der Waals surface area contributed by atoms with Gasteiger partial charge in [-0.3, -0.25) is 0 Å². The predicted molar refractivity (Wildman–Crippen MR) is 250 cm³/mol. The Labute approximate surface area is 343 Å². The highest BCUT2D eigenvalue weighted by Crippen LogP contribution is 2.48. The molecule has 1 heteroatoms. The Morgan fingerprint density at radius 1 is 0.316 bits per heavy atom. The molecule has 0 heterocycles. The minimum absolute atomic E-state index is 0.00431. The van der Waals surface area contributed by atoms with Crippen LogP contribution in [0.25, 0.3) is 44.2 Å². The minimum Gasteiger partial charge on any atom is -0.309 e. The van der Waals surface area contributed by atoms with E-state index in [1.54, 1.807) is 0 Å². The molecule has 7 aromatic carbocycles. The molecule has 7 aromatic rings. The molecule has 0 fully saturated rings. The SMILES string of the molecule is CC(C)(C)c1ccc(N(c2ccc(C(C)(C)C)cc2-c2ccccc2)c2ccccc2-c2cccc3cccc(-c4cc(C(C)(C)C)cc(C(C)(C)C)c4)c23)cc1. The Kier molecular flexibility index (Phi) is 10.4. The lowest BCUT2D eigenvalue weighted by molar-refractivity contribution is 0.569. The smallest absolute Gasteiger partial charge is 0.0540 e. The maximum Gasteiger partial charge on any atom is 0.0540 e. The van der Waals surface area contributed by atoms with Crippen molar-refractivity contribution in [3.63, 3.8) is 0 Å². The number of nitrogens with zero attached hydrogens (tertiary/aromatic N) is 1. The predicted octanol–water partition coefficient (Wildman–Crippen LogP) is 16.5. The van der Waals surface area contributed by atoms with Crippen molar-refractivity contribution < 1.29 is 0 Å². The Morgan fingerprint density at radius 3 is 1.39 bits per heavy atom. The van der Waals surface area contributed by atoms with Crippen LogP contribution in [0, 0.1) is 0 Å². The van der Waals surface area contributed by atoms with Crippen LogP contribution in [0.4, 0.5) is 17.1 Å². The number of fused-ring (bicyclic) bond motifs is 1. The Bertz CT molecular complexity index is 2490. The van der Waals surface area contributed by atoms with E-state index in [9.17, 15) is 0 Å². The van der Waals surface area contributed by atoms with Gasteiger partial charge < -0.3 is 4.90 Å². The average Bonchev–Trinajstić information content (AvgIpc) is 3.17. The molecule has 7 rings (SSSR count). The summed E-state index contributed by atoms with van der Waals surface area (Å²) in [5.41, 5.74) is 16.2. The number of hydrogen-bond donors (Lipinski definition) is 0. The molecule has 0 aliphatic rings. The van der Waals surface area contributed by atoms with Crippen LogP contribution >= 0.6 is 0 Å². The topological polar surface area (TPSA) is 3.24 Å². The van der Waals surface area contributed by atoms with Crippen molar-refractivity contribution in [1.29, 1.82) is 0 Å². The van der Waals surface area contributed by atoms with E-state index in [-0.39, 0.29) is 21.7 Å². The summed E-state index contributed by atoms with van der Waals surface area (Å²) in [7, 11) is 0. The van der Waals surface area contributed by atoms with Crippen LogP contribution in [0.5, 0.6) is 0 Å². The van der Waals surface area contributed by atoms with Gasteiger partial charge >= 0.3 is 0 Å². The van der Waals surface area contributed by atoms with Crippen LogP contribution < -0.4 is 4.90 Å². The van der Waals surface area contributed by atoms with Gasteiger partial charge in [0.15, 0.2) is 0 Å². The van der Waals surface area contributed by atoms with Gasteiger partial charge in [-0.05, 0) is 107 Å². The van der Waals surface area contributed by atoms with Gasteiger partial charge in [0, 0.05) is 16.8 Å². The third-order valence-corrected chi connectivity index (χ3v) is 11.5. The van der Waals surface area contributed by atoms with Gasteiger partial charge in [-0.25, -0.2) is 0 Å². The second-order valence-electron chi connectivity index (χ2n) is 20.0. The number of anilines is 3. The molecule has 0 aromatic heterocycles. The van der Waals surface area contributed by atoms with Crippen molar-refractivity contribution in [2.24, 2.45) is 0 Å². The molecule has 0 spiro atoms. The Morgan fingerprint density at radius 2 is 0.807 bits per heavy atom. The van der Waals surface area contributed by atoms with Gasteiger partial charge in [-0.15, -0.1) is 0 Å². The lowest BCUT2D eigenvalue weighted by atomic mass is 9.78. The summed E-state index contributed by atoms with van der Waals surface area (Å²) in [6.45, 7) is 27.7. The van der Waals surface area contributed by atoms with E-state index in [1.807, 2.05) is 0 Å². The first-order valence-corrected chi connectivity index (χ1v) is 20.7. The summed E-state index contributed by atoms with van der Waals surface area (Å²) in [6.07, 6.45) is 0. The van der Waals surface area contributed by atoms with Crippen molar-refractivity contribution in [3.8, 4) is 33.4 Å². The van der Waals surface area contributed by atoms with Crippen molar-refractivity contribution in [2.75, 3.05) is 4.90 Å². The quantitative estimate of drug-likeness (QED) is 0.164. The molecule has 0 unspecified atom stereocenters. The zero-order valence-corrected chi connectivity index (χ0v) is 36.4. The largest absolute Gasteiger partial charge is 0.309 e. The van der Waals surface area contributed by atoms with Crippen molar-refractivity contribution in [3.05, 3.63) is 174 Å². The second-order valence-corrected chi connectivity index (χ2v) is 20.0. The van der Waals surface area contributed by atoms with E-state index in [2.05, 4.69) is 240 Å². The van der Waals surface area contributed by atoms with Crippen molar-refractivity contribution >= 4 is 27.8 Å². The van der Waals surface area contributed by atoms with E-state index in [1.165, 1.54) is 66.4 Å². The lowest BCUT2D eigenvalue weighted by Gasteiger charge is -2.32. The van der Waals surface area contributed by atoms with Crippen LogP contribution in [0.2, 0.25) is 0 Å². The van der Waals surface area contributed by atoms with E-state index in [0.717, 1.165) is 17.1 Å². The molecular formula is C56H61N. The van der Waals surface area contributed by atoms with E-state index in [0.29, 0.717) is 0 Å². The zero-order valence-electron chi connectivity index (χ0n) is 36.4. The second kappa shape index (κ2) is 14.8. The van der Waals surface area contributed by atoms with Crippen LogP contribution in [0.1, 0.15) is 105 Å². The third-order valence-electron chi connectivity index (χ3n) is 11.5. The van der Waals surface area contributed by atoms with Gasteiger partial charge in [0.05, 0.1) is 11.4 Å². The fourth-order valence-corrected chi connectivity index (χ4v) is 7.92. The molecule has 0 amide bonds. The molecule has 57 heavy (non-hydrogen) atoms. The molecular weight excluding hydrogens is 687 g/mol. The summed E-state index contributed by atoms with van der Waals surface area (Å²) in [4.78, 5) is 2.50. The average molecular weight is 748 g/mol. The molecule has 0 saturated heterocycles. The number of para-hydroxylation sites is 1. The number of rotatable bonds is 6. The van der Waals surface area contributed by atoms with Gasteiger partial charge in [0.25, 0.3) is 0 Å². The molecule has 0 N–H and O–H groups in total. The van der Waals surface area contributed by atoms with Crippen molar-refractivity contribution in [2.45, 2.75) is 105 Å². The number of hydrogen-bond acceptors (Lipinski definition) is 1. The minimum atomic E-state index is -0.00431. The molecule has 0 aliphatic carbocycles. The molecule has 290 valence electrons. The fraction of sp³-hybridized carbons (Fsp3) is 0.286. The van der Waals surface area contributed by atoms with Crippen LogP contribution in [-0.4, -0.2) is 0 Å². The summed E-state index contributed by atoms with van der Waals surface area (Å²) >= 11 is 0. The van der Waals surface area contributed by atoms with Crippen LogP contribution in [-0.2, 0) is 21.7 Å². The van der Waals surface area contributed by atoms with Gasteiger partial charge in [-0.2, -0.15) is 0 Å². The summed E-state index contributed by atoms with van der Waals surface area (Å²) in [6, 6.07) is 57.1. The third kappa shape index (κ3) is 8.22. The van der Waals surface area contributed by atoms with Gasteiger partial charge in [0.2, 0.25) is 0 Å². The highest BCUT2D eigenvalue weighted by atomic mass is 15.1. The van der Waals surface area contributed by atoms with E-state index in [4.69, 9.17) is 0 Å².